The highest BCUT2D eigenvalue weighted by molar-refractivity contribution is 5.82. The van der Waals surface area contributed by atoms with Gasteiger partial charge in [-0.25, -0.2) is 0 Å². The lowest BCUT2D eigenvalue weighted by Crippen LogP contribution is -2.35. The number of aliphatic hydroxyl groups excluding tert-OH is 1. The van der Waals surface area contributed by atoms with Crippen molar-refractivity contribution in [2.24, 2.45) is 0 Å². The Balaban J connectivity index is 1.57. The number of carbonyl (C=O) groups is 1. The highest BCUT2D eigenvalue weighted by atomic mass is 16.3. The first kappa shape index (κ1) is 16.9. The van der Waals surface area contributed by atoms with Gasteiger partial charge in [0.25, 0.3) is 5.56 Å². The molecule has 0 radical (unpaired) electrons. The lowest BCUT2D eigenvalue weighted by Gasteiger charge is -2.12. The smallest absolute Gasteiger partial charge is 0.252 e. The van der Waals surface area contributed by atoms with Crippen LogP contribution in [0, 0.1) is 0 Å². The molecule has 25 heavy (non-hydrogen) atoms. The monoisotopic (exact) mass is 336 g/mol. The summed E-state index contributed by atoms with van der Waals surface area (Å²) >= 11 is 0. The number of H-pyrrole nitrogens is 1. The molecule has 3 N–H and O–H groups in total. The number of para-hydroxylation sites is 1. The maximum absolute atomic E-state index is 12.1. The Morgan fingerprint density at radius 3 is 2.60 bits per heavy atom. The molecule has 1 amide bonds. The first-order valence-electron chi connectivity index (χ1n) is 8.21. The van der Waals surface area contributed by atoms with Gasteiger partial charge in [0.05, 0.1) is 12.5 Å². The van der Waals surface area contributed by atoms with Crippen LogP contribution in [-0.2, 0) is 17.6 Å². The number of rotatable bonds is 6. The van der Waals surface area contributed by atoms with E-state index in [1.165, 1.54) is 0 Å². The van der Waals surface area contributed by atoms with Crippen molar-refractivity contribution in [3.63, 3.8) is 0 Å². The average molecular weight is 336 g/mol. The number of fused-ring (bicyclic) bond motifs is 1. The van der Waals surface area contributed by atoms with E-state index in [4.69, 9.17) is 0 Å². The van der Waals surface area contributed by atoms with E-state index in [1.54, 1.807) is 6.07 Å². The number of pyridine rings is 1. The number of hydrogen-bond acceptors (Lipinski definition) is 3. The van der Waals surface area contributed by atoms with E-state index in [1.807, 2.05) is 54.6 Å². The van der Waals surface area contributed by atoms with Gasteiger partial charge in [-0.05, 0) is 23.1 Å². The molecule has 3 aromatic rings. The molecule has 0 spiro atoms. The first-order valence-corrected chi connectivity index (χ1v) is 8.21. The zero-order valence-electron chi connectivity index (χ0n) is 13.7. The third kappa shape index (κ3) is 4.55. The molecule has 0 aliphatic rings. The molecule has 0 aliphatic heterocycles. The van der Waals surface area contributed by atoms with Gasteiger partial charge in [-0.3, -0.25) is 9.59 Å². The highest BCUT2D eigenvalue weighted by Gasteiger charge is 2.11. The molecule has 0 saturated heterocycles. The Labute approximate surface area is 145 Å². The van der Waals surface area contributed by atoms with Gasteiger partial charge >= 0.3 is 0 Å². The summed E-state index contributed by atoms with van der Waals surface area (Å²) in [6, 6.07) is 18.8. The van der Waals surface area contributed by atoms with Crippen LogP contribution >= 0.6 is 0 Å². The Morgan fingerprint density at radius 2 is 1.80 bits per heavy atom. The number of aromatic amines is 1. The van der Waals surface area contributed by atoms with Crippen LogP contribution in [0.25, 0.3) is 10.9 Å². The van der Waals surface area contributed by atoms with Crippen molar-refractivity contribution < 1.29 is 9.90 Å². The van der Waals surface area contributed by atoms with Crippen LogP contribution in [0.1, 0.15) is 11.1 Å². The second-order valence-electron chi connectivity index (χ2n) is 6.04. The summed E-state index contributed by atoms with van der Waals surface area (Å²) < 4.78 is 0. The van der Waals surface area contributed by atoms with Crippen molar-refractivity contribution in [1.82, 2.24) is 10.3 Å². The van der Waals surface area contributed by atoms with Crippen LogP contribution in [0.2, 0.25) is 0 Å². The number of hydrogen-bond donors (Lipinski definition) is 3. The number of benzene rings is 2. The van der Waals surface area contributed by atoms with Gasteiger partial charge in [-0.1, -0.05) is 48.5 Å². The Kier molecular flexibility index (Phi) is 5.26. The van der Waals surface area contributed by atoms with Gasteiger partial charge in [0, 0.05) is 24.0 Å². The molecule has 1 heterocycles. The number of carbonyl (C=O) groups excluding carboxylic acids is 1. The predicted molar refractivity (Wildman–Crippen MR) is 97.4 cm³/mol. The largest absolute Gasteiger partial charge is 0.391 e. The van der Waals surface area contributed by atoms with Gasteiger partial charge in [-0.15, -0.1) is 0 Å². The molecule has 0 fully saturated rings. The predicted octanol–water partition coefficient (Wildman–Crippen LogP) is 1.79. The molecular formula is C20H20N2O3. The Bertz CT molecular complexity index is 919. The average Bonchev–Trinajstić information content (AvgIpc) is 2.61. The highest BCUT2D eigenvalue weighted by Crippen LogP contribution is 2.10. The summed E-state index contributed by atoms with van der Waals surface area (Å²) in [7, 11) is 0. The van der Waals surface area contributed by atoms with Gasteiger partial charge in [0.1, 0.15) is 0 Å². The molecule has 2 aromatic carbocycles. The normalized spacial score (nSPS) is 12.0. The fourth-order valence-electron chi connectivity index (χ4n) is 2.75. The van der Waals surface area contributed by atoms with Gasteiger partial charge in [0.2, 0.25) is 5.91 Å². The quantitative estimate of drug-likeness (QED) is 0.642. The zero-order valence-corrected chi connectivity index (χ0v) is 13.7. The minimum atomic E-state index is -0.666. The summed E-state index contributed by atoms with van der Waals surface area (Å²) in [6.45, 7) is 0.152. The van der Waals surface area contributed by atoms with Gasteiger partial charge in [-0.2, -0.15) is 0 Å². The van der Waals surface area contributed by atoms with E-state index in [0.717, 1.165) is 16.5 Å². The minimum absolute atomic E-state index is 0.0157. The standard InChI is InChI=1S/C20H20N2O3/c23-17(10-14-6-2-1-3-7-14)13-21-19(24)12-16-11-15-8-4-5-9-18(15)22-20(16)25/h1-9,11,17,23H,10,12-13H2,(H,21,24)(H,22,25). The van der Waals surface area contributed by atoms with Crippen molar-refractivity contribution >= 4 is 16.8 Å². The molecule has 128 valence electrons. The molecule has 3 rings (SSSR count). The van der Waals surface area contributed by atoms with Crippen molar-refractivity contribution in [1.29, 1.82) is 0 Å². The van der Waals surface area contributed by atoms with Gasteiger partial charge in [0.15, 0.2) is 0 Å². The zero-order chi connectivity index (χ0) is 17.6. The minimum Gasteiger partial charge on any atom is -0.391 e. The van der Waals surface area contributed by atoms with Crippen LogP contribution in [0.3, 0.4) is 0 Å². The summed E-state index contributed by atoms with van der Waals surface area (Å²) in [6.07, 6.45) is -0.211. The van der Waals surface area contributed by atoms with Crippen molar-refractivity contribution in [3.8, 4) is 0 Å². The summed E-state index contributed by atoms with van der Waals surface area (Å²) in [5, 5.41) is 13.6. The third-order valence-corrected chi connectivity index (χ3v) is 4.03. The molecule has 0 aliphatic carbocycles. The van der Waals surface area contributed by atoms with Crippen LogP contribution < -0.4 is 10.9 Å². The van der Waals surface area contributed by atoms with E-state index in [0.29, 0.717) is 12.0 Å². The lowest BCUT2D eigenvalue weighted by atomic mass is 10.1. The molecule has 1 atom stereocenters. The molecule has 1 aromatic heterocycles. The molecule has 5 heteroatoms. The number of aromatic nitrogens is 1. The Hall–Kier alpha value is -2.92. The van der Waals surface area contributed by atoms with E-state index in [2.05, 4.69) is 10.3 Å². The van der Waals surface area contributed by atoms with Crippen molar-refractivity contribution in [2.75, 3.05) is 6.54 Å². The second-order valence-corrected chi connectivity index (χ2v) is 6.04. The third-order valence-electron chi connectivity index (χ3n) is 4.03. The van der Waals surface area contributed by atoms with Crippen LogP contribution in [0.5, 0.6) is 0 Å². The summed E-state index contributed by atoms with van der Waals surface area (Å²) in [5.74, 6) is -0.284. The van der Waals surface area contributed by atoms with E-state index < -0.39 is 6.10 Å². The summed E-state index contributed by atoms with van der Waals surface area (Å²) in [5.41, 5.74) is 1.90. The van der Waals surface area contributed by atoms with Crippen LogP contribution in [0.15, 0.2) is 65.5 Å². The fourth-order valence-corrected chi connectivity index (χ4v) is 2.75. The fraction of sp³-hybridized carbons (Fsp3) is 0.200. The van der Waals surface area contributed by atoms with Crippen LogP contribution in [-0.4, -0.2) is 28.6 Å². The van der Waals surface area contributed by atoms with Gasteiger partial charge < -0.3 is 15.4 Å². The second kappa shape index (κ2) is 7.77. The number of amides is 1. The maximum atomic E-state index is 12.1. The Morgan fingerprint density at radius 1 is 1.08 bits per heavy atom. The molecule has 5 nitrogen and oxygen atoms in total. The van der Waals surface area contributed by atoms with Crippen LogP contribution in [0.4, 0.5) is 0 Å². The lowest BCUT2D eigenvalue weighted by molar-refractivity contribution is -0.120. The van der Waals surface area contributed by atoms with Crippen molar-refractivity contribution in [2.45, 2.75) is 18.9 Å². The molecule has 0 saturated carbocycles. The molecular weight excluding hydrogens is 316 g/mol. The van der Waals surface area contributed by atoms with E-state index in [9.17, 15) is 14.7 Å². The number of nitrogens with one attached hydrogen (secondary N) is 2. The van der Waals surface area contributed by atoms with E-state index in [-0.39, 0.29) is 24.4 Å². The maximum Gasteiger partial charge on any atom is 0.252 e. The molecule has 1 unspecified atom stereocenters. The van der Waals surface area contributed by atoms with E-state index >= 15 is 0 Å². The number of aliphatic hydroxyl groups is 1. The van der Waals surface area contributed by atoms with Crippen molar-refractivity contribution in [3.05, 3.63) is 82.1 Å². The first-order chi connectivity index (χ1) is 12.1. The molecule has 0 bridgehead atoms. The summed E-state index contributed by atoms with van der Waals surface area (Å²) in [4.78, 5) is 26.9. The topological polar surface area (TPSA) is 82.2 Å². The SMILES string of the molecule is O=C(Cc1cc2ccccc2[nH]c1=O)NCC(O)Cc1ccccc1.